The van der Waals surface area contributed by atoms with Crippen molar-refractivity contribution in [1.82, 2.24) is 4.72 Å². The minimum Gasteiger partial charge on any atom is -0.487 e. The minimum atomic E-state index is -4.02. The van der Waals surface area contributed by atoms with Crippen LogP contribution in [0.5, 0.6) is 5.75 Å². The summed E-state index contributed by atoms with van der Waals surface area (Å²) in [6.45, 7) is 8.99. The molecule has 6 rings (SSSR count). The number of rotatable bonds is 1. The second kappa shape index (κ2) is 13.4. The number of hydrogen-bond acceptors (Lipinski definition) is 8. The fourth-order valence-electron chi connectivity index (χ4n) is 7.38. The van der Waals surface area contributed by atoms with Crippen molar-refractivity contribution in [1.29, 1.82) is 0 Å². The highest BCUT2D eigenvalue weighted by Crippen LogP contribution is 2.57. The van der Waals surface area contributed by atoms with Crippen LogP contribution in [-0.2, 0) is 27.8 Å². The molecular weight excluding hydrogens is 650 g/mol. The highest BCUT2D eigenvalue weighted by atomic mass is 35.5. The number of amides is 1. The molecule has 0 unspecified atom stereocenters. The van der Waals surface area contributed by atoms with E-state index in [1.54, 1.807) is 50.5 Å². The molecule has 9 nitrogen and oxygen atoms in total. The quantitative estimate of drug-likeness (QED) is 0.272. The number of aliphatic hydroxyl groups is 1. The average Bonchev–Trinajstić information content (AvgIpc) is 3.07. The molecule has 1 saturated heterocycles. The summed E-state index contributed by atoms with van der Waals surface area (Å²) in [7, 11) is -2.35. The Morgan fingerprint density at radius 2 is 1.98 bits per heavy atom. The number of sulfonamides is 1. The van der Waals surface area contributed by atoms with Crippen molar-refractivity contribution in [2.75, 3.05) is 25.0 Å². The Hall–Kier alpha value is -3.60. The topological polar surface area (TPSA) is 118 Å². The molecule has 1 amide bonds. The van der Waals surface area contributed by atoms with E-state index in [-0.39, 0.29) is 17.4 Å². The van der Waals surface area contributed by atoms with Gasteiger partial charge in [-0.25, -0.2) is 13.1 Å². The monoisotopic (exact) mass is 693 g/mol. The van der Waals surface area contributed by atoms with Crippen molar-refractivity contribution in [2.45, 2.75) is 75.4 Å². The molecule has 2 aromatic rings. The Labute approximate surface area is 288 Å². The van der Waals surface area contributed by atoms with Gasteiger partial charge in [0.1, 0.15) is 29.3 Å². The predicted octanol–water partition coefficient (Wildman–Crippen LogP) is 6.16. The molecule has 0 radical (unpaired) electrons. The number of benzene rings is 2. The number of fused-ring (bicyclic) bond motifs is 2. The molecule has 0 spiro atoms. The number of carbonyl (C=O) groups excluding carboxylic acids is 1. The van der Waals surface area contributed by atoms with Gasteiger partial charge in [0.15, 0.2) is 0 Å². The van der Waals surface area contributed by atoms with Crippen LogP contribution < -0.4 is 14.4 Å². The number of hydrogen-bond donors (Lipinski definition) is 2. The summed E-state index contributed by atoms with van der Waals surface area (Å²) in [6, 6.07) is 10.9. The number of halogens is 1. The molecule has 1 saturated carbocycles. The Balaban J connectivity index is 1.50. The maximum Gasteiger partial charge on any atom is 0.264 e. The molecule has 2 N–H and O–H groups in total. The lowest BCUT2D eigenvalue weighted by atomic mass is 9.57. The van der Waals surface area contributed by atoms with Crippen molar-refractivity contribution < 1.29 is 27.8 Å². The van der Waals surface area contributed by atoms with Crippen LogP contribution in [0.1, 0.15) is 67.4 Å². The van der Waals surface area contributed by atoms with E-state index >= 15 is 0 Å². The van der Waals surface area contributed by atoms with Crippen LogP contribution in [0.15, 0.2) is 77.5 Å². The smallest absolute Gasteiger partial charge is 0.264 e. The molecular formula is C37H44ClN3O6S. The van der Waals surface area contributed by atoms with Crippen molar-refractivity contribution in [3.8, 4) is 5.75 Å². The largest absolute Gasteiger partial charge is 0.487 e. The van der Waals surface area contributed by atoms with E-state index in [0.717, 1.165) is 30.4 Å². The lowest BCUT2D eigenvalue weighted by Crippen LogP contribution is -2.67. The van der Waals surface area contributed by atoms with Gasteiger partial charge in [-0.2, -0.15) is 0 Å². The van der Waals surface area contributed by atoms with E-state index < -0.39 is 32.4 Å². The number of nitrogens with zero attached hydrogens (tertiary/aromatic N) is 2. The fraction of sp³-hybridized carbons (Fsp3) is 0.459. The molecule has 0 aromatic heterocycles. The van der Waals surface area contributed by atoms with Crippen LogP contribution in [0.3, 0.4) is 0 Å². The van der Waals surface area contributed by atoms with Crippen LogP contribution in [-0.4, -0.2) is 62.2 Å². The van der Waals surface area contributed by atoms with Crippen LogP contribution in [0.2, 0.25) is 5.02 Å². The lowest BCUT2D eigenvalue weighted by Gasteiger charge is -2.60. The molecule has 256 valence electrons. The first kappa shape index (κ1) is 34.3. The molecule has 2 aromatic carbocycles. The van der Waals surface area contributed by atoms with E-state index in [2.05, 4.69) is 21.2 Å². The third-order valence-corrected chi connectivity index (χ3v) is 12.7. The zero-order chi connectivity index (χ0) is 34.3. The van der Waals surface area contributed by atoms with E-state index in [4.69, 9.17) is 21.1 Å². The first-order valence-corrected chi connectivity index (χ1v) is 18.6. The molecule has 5 atom stereocenters. The lowest BCUT2D eigenvalue weighted by molar-refractivity contribution is -0.185. The summed E-state index contributed by atoms with van der Waals surface area (Å²) >= 11 is 6.36. The zero-order valence-corrected chi connectivity index (χ0v) is 29.3. The predicted molar refractivity (Wildman–Crippen MR) is 189 cm³/mol. The number of ether oxygens (including phenoxy) is 2. The van der Waals surface area contributed by atoms with Crippen LogP contribution in [0.4, 0.5) is 5.69 Å². The number of aryl methyl sites for hydroxylation is 1. The first-order chi connectivity index (χ1) is 22.9. The Morgan fingerprint density at radius 1 is 1.17 bits per heavy atom. The number of allylic oxidation sites excluding steroid dienone is 2. The third kappa shape index (κ3) is 6.42. The van der Waals surface area contributed by atoms with Gasteiger partial charge in [-0.15, -0.1) is 0 Å². The Bertz CT molecular complexity index is 1810. The molecule has 48 heavy (non-hydrogen) atoms. The van der Waals surface area contributed by atoms with E-state index in [1.807, 2.05) is 31.2 Å². The summed E-state index contributed by atoms with van der Waals surface area (Å²) in [6.07, 6.45) is 11.3. The van der Waals surface area contributed by atoms with Crippen molar-refractivity contribution >= 4 is 39.4 Å². The Kier molecular flexibility index (Phi) is 9.54. The van der Waals surface area contributed by atoms with Gasteiger partial charge in [0.05, 0.1) is 17.5 Å². The van der Waals surface area contributed by atoms with E-state index in [0.29, 0.717) is 66.8 Å². The van der Waals surface area contributed by atoms with E-state index in [9.17, 15) is 18.3 Å². The molecule has 3 aliphatic heterocycles. The van der Waals surface area contributed by atoms with Crippen LogP contribution in [0.25, 0.3) is 0 Å². The second-order valence-corrected chi connectivity index (χ2v) is 16.0. The highest BCUT2D eigenvalue weighted by Gasteiger charge is 2.63. The average molecular weight is 694 g/mol. The molecule has 11 heteroatoms. The standard InChI is InChI=1S/C37H44ClN3O6S/c1-24-8-7-16-37(43)25(2)32(15-18-39-4)47-36(17-14-34(36)37)23-41-19-6-5-9-27-20-30(38)12-10-29(27)22-46-33-13-11-28(21-31(33)41)35(42)40-48(44,45)26(24)3/h7,10-13,15-16,18,20-21,24,26,34,43H,2,5-6,8-9,14,17,19,22-23H2,1,3-4H3,(H,40,42)/b16-7+,32-15+,39-18?/t24-,26+,34+,36-,37-/m0/s1. The van der Waals surface area contributed by atoms with Crippen LogP contribution >= 0.6 is 11.6 Å². The van der Waals surface area contributed by atoms with Gasteiger partial charge < -0.3 is 19.5 Å². The highest BCUT2D eigenvalue weighted by molar-refractivity contribution is 7.90. The zero-order valence-electron chi connectivity index (χ0n) is 27.7. The number of anilines is 1. The molecule has 3 heterocycles. The van der Waals surface area contributed by atoms with Gasteiger partial charge >= 0.3 is 0 Å². The molecule has 1 aliphatic carbocycles. The number of aliphatic imine (C=N–C) groups is 1. The van der Waals surface area contributed by atoms with Crippen molar-refractivity contribution in [3.63, 3.8) is 0 Å². The maximum absolute atomic E-state index is 13.5. The normalized spacial score (nSPS) is 32.1. The summed E-state index contributed by atoms with van der Waals surface area (Å²) in [5, 5.41) is 12.3. The summed E-state index contributed by atoms with van der Waals surface area (Å²) in [5.74, 6) is -0.342. The number of carbonyl (C=O) groups is 1. The third-order valence-electron chi connectivity index (χ3n) is 10.6. The van der Waals surface area contributed by atoms with Crippen molar-refractivity contribution in [2.24, 2.45) is 16.8 Å². The second-order valence-electron chi connectivity index (χ2n) is 13.6. The van der Waals surface area contributed by atoms with Crippen LogP contribution in [0, 0.1) is 11.8 Å². The molecule has 4 bridgehead atoms. The summed E-state index contributed by atoms with van der Waals surface area (Å²) < 4.78 is 42.4. The van der Waals surface area contributed by atoms with Gasteiger partial charge in [0.2, 0.25) is 10.0 Å². The van der Waals surface area contributed by atoms with Gasteiger partial charge in [0, 0.05) is 41.9 Å². The minimum absolute atomic E-state index is 0.205. The van der Waals surface area contributed by atoms with Crippen molar-refractivity contribution in [3.05, 3.63) is 94.3 Å². The fourth-order valence-corrected chi connectivity index (χ4v) is 8.86. The SMILES string of the molecule is C=C1/C(=C\C=NC)O[C@]23CC[C@H]2[C@]1(O)/C=C/C[C@H](C)[C@@H](C)S(=O)(=O)NC(=O)c1ccc2c(c1)N(CCCCc1cc(Cl)ccc1CO2)C3. The number of nitrogens with one attached hydrogen (secondary N) is 1. The van der Waals surface area contributed by atoms with E-state index in [1.165, 1.54) is 0 Å². The first-order valence-electron chi connectivity index (χ1n) is 16.6. The Morgan fingerprint density at radius 3 is 2.73 bits per heavy atom. The molecule has 4 aliphatic rings. The van der Waals surface area contributed by atoms with Gasteiger partial charge in [0.25, 0.3) is 5.91 Å². The summed E-state index contributed by atoms with van der Waals surface area (Å²) in [5.41, 5.74) is 1.26. The van der Waals surface area contributed by atoms with Gasteiger partial charge in [-0.1, -0.05) is 43.3 Å². The maximum atomic E-state index is 13.5. The summed E-state index contributed by atoms with van der Waals surface area (Å²) in [4.78, 5) is 19.8. The van der Waals surface area contributed by atoms with Gasteiger partial charge in [-0.3, -0.25) is 9.79 Å². The van der Waals surface area contributed by atoms with Gasteiger partial charge in [-0.05, 0) is 98.9 Å². The molecule has 2 fully saturated rings.